The molecule has 3 aromatic rings. The van der Waals surface area contributed by atoms with Gasteiger partial charge in [0.2, 0.25) is 0 Å². The van der Waals surface area contributed by atoms with Crippen molar-refractivity contribution in [1.29, 1.82) is 0 Å². The summed E-state index contributed by atoms with van der Waals surface area (Å²) in [5, 5.41) is 13.8. The molecule has 202 valence electrons. The number of benzene rings is 2. The fourth-order valence-electron chi connectivity index (χ4n) is 5.69. The average molecular weight is 545 g/mol. The largest absolute Gasteiger partial charge is 0.490 e. The third-order valence-electron chi connectivity index (χ3n) is 7.49. The third-order valence-corrected chi connectivity index (χ3v) is 7.75. The van der Waals surface area contributed by atoms with Gasteiger partial charge in [0.05, 0.1) is 34.7 Å². The standard InChI is InChI=1S/C31H33ClN4O3/c1-31(2,3)39-30(37)36-15-14-22(32)17-26-29(36)25-18-33-35-27(28(25)34-26)20-9-11-23(12-10-20)38-24-13-8-19-6-4-5-7-21(19)16-24/h4-8,13-14,16-17,20,23,34H,9-12,15,18H2,1-3H3/t20-,23-. The maximum absolute atomic E-state index is 13.2. The van der Waals surface area contributed by atoms with Gasteiger partial charge in [-0.05, 0) is 81.5 Å². The lowest BCUT2D eigenvalue weighted by atomic mass is 9.84. The second kappa shape index (κ2) is 10.2. The number of hydrogen-bond donors (Lipinski definition) is 1. The van der Waals surface area contributed by atoms with Gasteiger partial charge in [-0.3, -0.25) is 4.90 Å². The van der Waals surface area contributed by atoms with Crippen LogP contribution in [0, 0.1) is 5.92 Å². The molecule has 39 heavy (non-hydrogen) atoms. The molecule has 0 atom stereocenters. The average Bonchev–Trinajstić information content (AvgIpc) is 3.17. The van der Waals surface area contributed by atoms with E-state index in [-0.39, 0.29) is 12.0 Å². The molecule has 2 aromatic carbocycles. The van der Waals surface area contributed by atoms with Gasteiger partial charge >= 0.3 is 6.09 Å². The SMILES string of the molecule is CC(C)(C)OC(=O)N1CC=C(Cl)C=c2[nH]c3c(c21)CN=NC=3[C@H]1CC[C@H](Oc2ccc3ccccc3c2)CC1. The molecule has 1 saturated carbocycles. The summed E-state index contributed by atoms with van der Waals surface area (Å²) >= 11 is 6.45. The molecular formula is C31H33ClN4O3. The molecule has 6 rings (SSSR count). The second-order valence-corrected chi connectivity index (χ2v) is 11.9. The van der Waals surface area contributed by atoms with Crippen LogP contribution < -0.4 is 20.3 Å². The number of carbonyl (C=O) groups excluding carboxylic acids is 1. The molecular weight excluding hydrogens is 512 g/mol. The maximum Gasteiger partial charge on any atom is 0.415 e. The van der Waals surface area contributed by atoms with Gasteiger partial charge in [0.25, 0.3) is 0 Å². The summed E-state index contributed by atoms with van der Waals surface area (Å²) < 4.78 is 12.1. The van der Waals surface area contributed by atoms with Crippen LogP contribution in [0.15, 0.2) is 63.8 Å². The highest BCUT2D eigenvalue weighted by Crippen LogP contribution is 2.35. The number of hydrogen-bond acceptors (Lipinski definition) is 5. The molecule has 1 amide bonds. The fraction of sp³-hybridized carbons (Fsp3) is 0.387. The molecule has 0 spiro atoms. The van der Waals surface area contributed by atoms with E-state index in [4.69, 9.17) is 21.1 Å². The zero-order valence-corrected chi connectivity index (χ0v) is 23.3. The summed E-state index contributed by atoms with van der Waals surface area (Å²) in [4.78, 5) is 18.4. The summed E-state index contributed by atoms with van der Waals surface area (Å²) in [6.07, 6.45) is 7.24. The van der Waals surface area contributed by atoms with Gasteiger partial charge in [-0.1, -0.05) is 41.9 Å². The second-order valence-electron chi connectivity index (χ2n) is 11.5. The first-order chi connectivity index (χ1) is 18.7. The van der Waals surface area contributed by atoms with Gasteiger partial charge < -0.3 is 14.5 Å². The smallest absolute Gasteiger partial charge is 0.415 e. The lowest BCUT2D eigenvalue weighted by molar-refractivity contribution is 0.0584. The molecule has 0 radical (unpaired) electrons. The summed E-state index contributed by atoms with van der Waals surface area (Å²) in [7, 11) is 0. The van der Waals surface area contributed by atoms with E-state index in [1.165, 1.54) is 10.8 Å². The fourth-order valence-corrected chi connectivity index (χ4v) is 5.87. The van der Waals surface area contributed by atoms with E-state index in [1.54, 1.807) is 4.90 Å². The molecule has 0 unspecified atom stereocenters. The van der Waals surface area contributed by atoms with E-state index in [0.29, 0.717) is 18.1 Å². The van der Waals surface area contributed by atoms with Crippen molar-refractivity contribution in [2.24, 2.45) is 16.1 Å². The van der Waals surface area contributed by atoms with Crippen molar-refractivity contribution in [3.63, 3.8) is 0 Å². The maximum atomic E-state index is 13.2. The highest BCUT2D eigenvalue weighted by atomic mass is 35.5. The zero-order valence-electron chi connectivity index (χ0n) is 22.5. The van der Waals surface area contributed by atoms with Crippen molar-refractivity contribution in [2.75, 3.05) is 11.4 Å². The van der Waals surface area contributed by atoms with Crippen LogP contribution in [0.5, 0.6) is 5.75 Å². The number of azo groups is 1. The van der Waals surface area contributed by atoms with Crippen molar-refractivity contribution in [1.82, 2.24) is 4.98 Å². The molecule has 1 aromatic heterocycles. The van der Waals surface area contributed by atoms with E-state index in [0.717, 1.165) is 59.1 Å². The molecule has 1 fully saturated rings. The topological polar surface area (TPSA) is 79.3 Å². The van der Waals surface area contributed by atoms with Crippen LogP contribution in [0.1, 0.15) is 52.0 Å². The molecule has 3 heterocycles. The summed E-state index contributed by atoms with van der Waals surface area (Å²) in [6, 6.07) is 14.6. The Morgan fingerprint density at radius 2 is 1.85 bits per heavy atom. The quantitative estimate of drug-likeness (QED) is 0.406. The van der Waals surface area contributed by atoms with Crippen LogP contribution in [0.2, 0.25) is 0 Å². The predicted octanol–water partition coefficient (Wildman–Crippen LogP) is 6.54. The molecule has 1 N–H and O–H groups in total. The van der Waals surface area contributed by atoms with Gasteiger partial charge in [-0.15, -0.1) is 0 Å². The monoisotopic (exact) mass is 544 g/mol. The summed E-state index contributed by atoms with van der Waals surface area (Å²) in [5.41, 5.74) is 2.08. The number of anilines is 1. The van der Waals surface area contributed by atoms with E-state index < -0.39 is 11.7 Å². The predicted molar refractivity (Wildman–Crippen MR) is 154 cm³/mol. The van der Waals surface area contributed by atoms with E-state index in [1.807, 2.05) is 32.9 Å². The van der Waals surface area contributed by atoms with E-state index in [2.05, 4.69) is 57.7 Å². The normalized spacial score (nSPS) is 21.0. The first kappa shape index (κ1) is 25.7. The van der Waals surface area contributed by atoms with Crippen LogP contribution in [0.4, 0.5) is 10.5 Å². The molecule has 3 aliphatic rings. The number of allylic oxidation sites excluding steroid dienone is 1. The Bertz CT molecular complexity index is 1610. The Hall–Kier alpha value is -3.58. The zero-order chi connectivity index (χ0) is 27.1. The number of rotatable bonds is 3. The summed E-state index contributed by atoms with van der Waals surface area (Å²) in [5.74, 6) is 1.17. The van der Waals surface area contributed by atoms with Gasteiger partial charge in [0.15, 0.2) is 0 Å². The Morgan fingerprint density at radius 1 is 1.08 bits per heavy atom. The number of nitrogens with zero attached hydrogens (tertiary/aromatic N) is 3. The molecule has 8 heteroatoms. The number of H-pyrrole nitrogens is 1. The van der Waals surface area contributed by atoms with Crippen molar-refractivity contribution in [2.45, 2.75) is 64.7 Å². The van der Waals surface area contributed by atoms with Crippen LogP contribution in [-0.4, -0.2) is 29.3 Å². The molecule has 1 aliphatic carbocycles. The number of halogens is 1. The first-order valence-corrected chi connectivity index (χ1v) is 14.0. The van der Waals surface area contributed by atoms with Crippen molar-refractivity contribution < 1.29 is 14.3 Å². The van der Waals surface area contributed by atoms with Crippen LogP contribution in [0.3, 0.4) is 0 Å². The minimum atomic E-state index is -0.609. The minimum Gasteiger partial charge on any atom is -0.490 e. The lowest BCUT2D eigenvalue weighted by Crippen LogP contribution is -2.39. The van der Waals surface area contributed by atoms with Gasteiger partial charge in [0.1, 0.15) is 11.4 Å². The number of carbonyl (C=O) groups is 1. The highest BCUT2D eigenvalue weighted by Gasteiger charge is 2.32. The van der Waals surface area contributed by atoms with Gasteiger partial charge in [-0.25, -0.2) is 4.79 Å². The first-order valence-electron chi connectivity index (χ1n) is 13.6. The van der Waals surface area contributed by atoms with Gasteiger partial charge in [-0.2, -0.15) is 10.2 Å². The summed E-state index contributed by atoms with van der Waals surface area (Å²) in [6.45, 7) is 6.32. The third kappa shape index (κ3) is 5.33. The van der Waals surface area contributed by atoms with Crippen molar-refractivity contribution in [3.05, 3.63) is 69.8 Å². The number of aromatic nitrogens is 1. The Balaban J connectivity index is 1.25. The molecule has 7 nitrogen and oxygen atoms in total. The lowest BCUT2D eigenvalue weighted by Gasteiger charge is -2.29. The number of amides is 1. The number of fused-ring (bicyclic) bond motifs is 4. The molecule has 2 aliphatic heterocycles. The number of nitrogens with one attached hydrogen (secondary N) is 1. The van der Waals surface area contributed by atoms with E-state index >= 15 is 0 Å². The highest BCUT2D eigenvalue weighted by molar-refractivity contribution is 6.34. The van der Waals surface area contributed by atoms with Crippen LogP contribution in [0.25, 0.3) is 22.5 Å². The molecule has 0 saturated heterocycles. The van der Waals surface area contributed by atoms with Crippen LogP contribution in [-0.2, 0) is 11.3 Å². The number of ether oxygens (including phenoxy) is 2. The van der Waals surface area contributed by atoms with Crippen molar-refractivity contribution >= 4 is 45.9 Å². The van der Waals surface area contributed by atoms with Crippen molar-refractivity contribution in [3.8, 4) is 5.75 Å². The Labute approximate surface area is 232 Å². The van der Waals surface area contributed by atoms with Crippen LogP contribution >= 0.6 is 11.6 Å². The number of aromatic amines is 1. The minimum absolute atomic E-state index is 0.170. The Morgan fingerprint density at radius 3 is 2.62 bits per heavy atom. The molecule has 0 bridgehead atoms. The van der Waals surface area contributed by atoms with Gasteiger partial charge in [0, 0.05) is 23.1 Å². The van der Waals surface area contributed by atoms with E-state index in [9.17, 15) is 4.79 Å². The Kier molecular flexibility index (Phi) is 6.71.